The Hall–Kier alpha value is -2.92. The molecule has 5 heteroatoms. The topological polar surface area (TPSA) is 61.8 Å². The Kier molecular flexibility index (Phi) is 46.0. The summed E-state index contributed by atoms with van der Waals surface area (Å²) in [6.45, 7) is 7.45. The molecule has 5 nitrogen and oxygen atoms in total. The molecule has 0 N–H and O–H groups in total. The van der Waals surface area contributed by atoms with Crippen LogP contribution in [0.1, 0.15) is 213 Å². The van der Waals surface area contributed by atoms with Crippen molar-refractivity contribution in [1.82, 2.24) is 0 Å². The smallest absolute Gasteiger partial charge is 0.306 e. The van der Waals surface area contributed by atoms with Gasteiger partial charge in [0.15, 0.2) is 6.10 Å². The van der Waals surface area contributed by atoms with Crippen molar-refractivity contribution in [2.24, 2.45) is 0 Å². The highest BCUT2D eigenvalue weighted by Crippen LogP contribution is 2.13. The minimum absolute atomic E-state index is 0.0493. The molecule has 0 heterocycles. The summed E-state index contributed by atoms with van der Waals surface area (Å²) in [5.41, 5.74) is 0. The van der Waals surface area contributed by atoms with E-state index < -0.39 is 6.10 Å². The number of allylic oxidation sites excluding steroid dienone is 13. The Morgan fingerprint density at radius 3 is 1.28 bits per heavy atom. The largest absolute Gasteiger partial charge is 0.462 e. The Balaban J connectivity index is 4.33. The molecule has 0 aromatic heterocycles. The van der Waals surface area contributed by atoms with Crippen LogP contribution in [0.2, 0.25) is 0 Å². The molecule has 332 valence electrons. The third-order valence-electron chi connectivity index (χ3n) is 9.93. The summed E-state index contributed by atoms with van der Waals surface area (Å²) in [5, 5.41) is 0. The lowest BCUT2D eigenvalue weighted by Gasteiger charge is -2.18. The summed E-state index contributed by atoms with van der Waals surface area (Å²) >= 11 is 0. The van der Waals surface area contributed by atoms with E-state index in [0.29, 0.717) is 19.4 Å². The summed E-state index contributed by atoms with van der Waals surface area (Å²) in [6.07, 6.45) is 63.2. The number of carbonyl (C=O) groups is 2. The van der Waals surface area contributed by atoms with Gasteiger partial charge in [-0.1, -0.05) is 202 Å². The molecule has 1 unspecified atom stereocenters. The van der Waals surface area contributed by atoms with Crippen LogP contribution >= 0.6 is 0 Å². The predicted octanol–water partition coefficient (Wildman–Crippen LogP) is 16.1. The van der Waals surface area contributed by atoms with Crippen molar-refractivity contribution < 1.29 is 23.8 Å². The van der Waals surface area contributed by atoms with Crippen LogP contribution in [0, 0.1) is 0 Å². The van der Waals surface area contributed by atoms with Gasteiger partial charge in [-0.25, -0.2) is 0 Å². The zero-order chi connectivity index (χ0) is 42.1. The van der Waals surface area contributed by atoms with Crippen molar-refractivity contribution in [3.8, 4) is 0 Å². The molecular formula is C53H90O5. The zero-order valence-corrected chi connectivity index (χ0v) is 38.0. The van der Waals surface area contributed by atoms with Crippen LogP contribution < -0.4 is 0 Å². The summed E-state index contributed by atoms with van der Waals surface area (Å²) in [4.78, 5) is 25.2. The van der Waals surface area contributed by atoms with Crippen LogP contribution in [-0.4, -0.2) is 37.9 Å². The lowest BCUT2D eigenvalue weighted by atomic mass is 10.1. The monoisotopic (exact) mass is 807 g/mol. The molecule has 58 heavy (non-hydrogen) atoms. The molecule has 0 radical (unpaired) electrons. The maximum absolute atomic E-state index is 12.7. The number of rotatable bonds is 43. The minimum atomic E-state index is -0.578. The average Bonchev–Trinajstić information content (AvgIpc) is 3.22. The molecule has 0 fully saturated rings. The summed E-state index contributed by atoms with van der Waals surface area (Å²) in [6, 6.07) is 0. The van der Waals surface area contributed by atoms with Crippen LogP contribution in [0.25, 0.3) is 0 Å². The van der Waals surface area contributed by atoms with Gasteiger partial charge in [0.1, 0.15) is 6.61 Å². The first-order valence-corrected chi connectivity index (χ1v) is 24.1. The molecule has 1 atom stereocenters. The van der Waals surface area contributed by atoms with E-state index in [-0.39, 0.29) is 25.2 Å². The van der Waals surface area contributed by atoms with Crippen molar-refractivity contribution in [1.29, 1.82) is 0 Å². The standard InChI is InChI=1S/C53H90O5/c1-4-7-10-13-16-19-21-23-25-27-28-30-32-35-37-40-43-46-52(54)57-50-51(58-53(55)47-44-41-38-34-18-15-12-9-6-3)49-56-48-45-42-39-36-33-31-29-26-24-22-20-17-14-11-8-5-2/h8,11,16-17,19-20,23-26,31,33,39,42,51H,4-7,9-10,12-15,18,21-22,27-30,32,34-38,40-41,43-50H2,1-3H3/b11-8-,19-16-,20-17-,25-23-,26-24-,33-31-,42-39-. The van der Waals surface area contributed by atoms with E-state index in [1.807, 2.05) is 0 Å². The van der Waals surface area contributed by atoms with E-state index in [1.54, 1.807) is 0 Å². The number of esters is 2. The quantitative estimate of drug-likeness (QED) is 0.0349. The third-order valence-corrected chi connectivity index (χ3v) is 9.93. The third kappa shape index (κ3) is 45.8. The van der Waals surface area contributed by atoms with Crippen molar-refractivity contribution in [2.45, 2.75) is 219 Å². The predicted molar refractivity (Wildman–Crippen MR) is 251 cm³/mol. The molecular weight excluding hydrogens is 717 g/mol. The van der Waals surface area contributed by atoms with E-state index in [2.05, 4.69) is 106 Å². The van der Waals surface area contributed by atoms with Crippen LogP contribution in [0.15, 0.2) is 85.1 Å². The number of unbranched alkanes of at least 4 members (excludes halogenated alkanes) is 18. The molecule has 0 aliphatic rings. The maximum atomic E-state index is 12.7. The Bertz CT molecular complexity index is 1090. The lowest BCUT2D eigenvalue weighted by Crippen LogP contribution is -2.30. The second-order valence-corrected chi connectivity index (χ2v) is 15.6. The van der Waals surface area contributed by atoms with Gasteiger partial charge in [0.05, 0.1) is 13.2 Å². The first-order chi connectivity index (χ1) is 28.6. The van der Waals surface area contributed by atoms with Gasteiger partial charge in [0.25, 0.3) is 0 Å². The van der Waals surface area contributed by atoms with Crippen LogP contribution in [0.3, 0.4) is 0 Å². The fraction of sp³-hybridized carbons (Fsp3) is 0.698. The minimum Gasteiger partial charge on any atom is -0.462 e. The highest BCUT2D eigenvalue weighted by atomic mass is 16.6. The molecule has 0 bridgehead atoms. The van der Waals surface area contributed by atoms with Gasteiger partial charge in [-0.05, 0) is 83.5 Å². The SMILES string of the molecule is CC/C=C\C/C=C\C/C=C\C/C=C\C/C=C\CCOCC(COC(=O)CCCCCCCCC/C=C\C/C=C\CCCCC)OC(=O)CCCCCCCCCCC. The number of carbonyl (C=O) groups excluding carboxylic acids is 2. The average molecular weight is 807 g/mol. The van der Waals surface area contributed by atoms with Crippen molar-refractivity contribution >= 4 is 11.9 Å². The molecule has 0 amide bonds. The Labute approximate surface area is 359 Å². The molecule has 0 aliphatic carbocycles. The van der Waals surface area contributed by atoms with Gasteiger partial charge in [-0.3, -0.25) is 9.59 Å². The van der Waals surface area contributed by atoms with Gasteiger partial charge in [0, 0.05) is 12.8 Å². The van der Waals surface area contributed by atoms with Gasteiger partial charge in [-0.15, -0.1) is 0 Å². The Morgan fingerprint density at radius 2 is 0.776 bits per heavy atom. The van der Waals surface area contributed by atoms with Crippen LogP contribution in [0.5, 0.6) is 0 Å². The Morgan fingerprint density at radius 1 is 0.397 bits per heavy atom. The van der Waals surface area contributed by atoms with E-state index >= 15 is 0 Å². The number of hydrogen-bond acceptors (Lipinski definition) is 5. The van der Waals surface area contributed by atoms with Crippen LogP contribution in [0.4, 0.5) is 0 Å². The fourth-order valence-corrected chi connectivity index (χ4v) is 6.37. The fourth-order valence-electron chi connectivity index (χ4n) is 6.37. The lowest BCUT2D eigenvalue weighted by molar-refractivity contribution is -0.162. The molecule has 0 saturated carbocycles. The van der Waals surface area contributed by atoms with E-state index in [4.69, 9.17) is 14.2 Å². The molecule has 0 saturated heterocycles. The number of hydrogen-bond donors (Lipinski definition) is 0. The highest BCUT2D eigenvalue weighted by molar-refractivity contribution is 5.70. The first kappa shape index (κ1) is 55.1. The van der Waals surface area contributed by atoms with Gasteiger partial charge in [-0.2, -0.15) is 0 Å². The van der Waals surface area contributed by atoms with E-state index in [0.717, 1.165) is 83.5 Å². The zero-order valence-electron chi connectivity index (χ0n) is 38.0. The second kappa shape index (κ2) is 48.4. The van der Waals surface area contributed by atoms with Gasteiger partial charge in [0.2, 0.25) is 0 Å². The van der Waals surface area contributed by atoms with E-state index in [9.17, 15) is 9.59 Å². The molecule has 0 aliphatic heterocycles. The molecule has 0 spiro atoms. The maximum Gasteiger partial charge on any atom is 0.306 e. The number of ether oxygens (including phenoxy) is 3. The second-order valence-electron chi connectivity index (χ2n) is 15.6. The van der Waals surface area contributed by atoms with Crippen molar-refractivity contribution in [3.63, 3.8) is 0 Å². The van der Waals surface area contributed by atoms with Crippen molar-refractivity contribution in [2.75, 3.05) is 19.8 Å². The molecule has 0 rings (SSSR count). The van der Waals surface area contributed by atoms with Crippen molar-refractivity contribution in [3.05, 3.63) is 85.1 Å². The summed E-state index contributed by atoms with van der Waals surface area (Å²) < 4.78 is 17.2. The molecule has 0 aromatic rings. The van der Waals surface area contributed by atoms with E-state index in [1.165, 1.54) is 96.3 Å². The van der Waals surface area contributed by atoms with Gasteiger partial charge >= 0.3 is 11.9 Å². The summed E-state index contributed by atoms with van der Waals surface area (Å²) in [5.74, 6) is -0.451. The highest BCUT2D eigenvalue weighted by Gasteiger charge is 2.17. The first-order valence-electron chi connectivity index (χ1n) is 24.1. The normalized spacial score (nSPS) is 12.9. The molecule has 0 aromatic carbocycles. The van der Waals surface area contributed by atoms with Gasteiger partial charge < -0.3 is 14.2 Å². The van der Waals surface area contributed by atoms with Crippen LogP contribution in [-0.2, 0) is 23.8 Å². The summed E-state index contributed by atoms with van der Waals surface area (Å²) in [7, 11) is 0.